The molecule has 5 nitrogen and oxygen atoms in total. The van der Waals surface area contributed by atoms with Gasteiger partial charge >= 0.3 is 11.6 Å². The predicted octanol–water partition coefficient (Wildman–Crippen LogP) is 2.46. The van der Waals surface area contributed by atoms with Gasteiger partial charge in [0.25, 0.3) is 0 Å². The molecule has 0 spiro atoms. The van der Waals surface area contributed by atoms with E-state index in [1.807, 2.05) is 12.1 Å². The molecule has 0 bridgehead atoms. The molecule has 0 saturated carbocycles. The molecule has 3 aromatic rings. The molecular formula is C15H13NO4. The van der Waals surface area contributed by atoms with Crippen LogP contribution in [0.3, 0.4) is 0 Å². The van der Waals surface area contributed by atoms with Crippen molar-refractivity contribution in [3.05, 3.63) is 46.4 Å². The lowest BCUT2D eigenvalue weighted by atomic mass is 10.2. The van der Waals surface area contributed by atoms with Gasteiger partial charge in [-0.05, 0) is 25.1 Å². The van der Waals surface area contributed by atoms with Gasteiger partial charge in [0.2, 0.25) is 0 Å². The number of para-hydroxylation sites is 1. The summed E-state index contributed by atoms with van der Waals surface area (Å²) in [6.45, 7) is 2.03. The molecule has 0 fully saturated rings. The molecule has 0 atom stereocenters. The molecular weight excluding hydrogens is 258 g/mol. The van der Waals surface area contributed by atoms with Crippen LogP contribution in [0.25, 0.3) is 21.9 Å². The van der Waals surface area contributed by atoms with E-state index in [9.17, 15) is 9.59 Å². The molecule has 0 radical (unpaired) electrons. The molecule has 0 aliphatic heterocycles. The minimum atomic E-state index is -0.454. The van der Waals surface area contributed by atoms with Crippen LogP contribution in [0.15, 0.2) is 39.5 Å². The van der Waals surface area contributed by atoms with E-state index in [1.165, 1.54) is 6.07 Å². The van der Waals surface area contributed by atoms with Crippen LogP contribution in [0, 0.1) is 0 Å². The van der Waals surface area contributed by atoms with Gasteiger partial charge in [-0.25, -0.2) is 9.59 Å². The third-order valence-corrected chi connectivity index (χ3v) is 3.28. The molecule has 0 amide bonds. The van der Waals surface area contributed by atoms with E-state index < -0.39 is 11.6 Å². The highest BCUT2D eigenvalue weighted by Gasteiger charge is 2.18. The maximum atomic E-state index is 12.0. The van der Waals surface area contributed by atoms with Crippen molar-refractivity contribution in [1.29, 1.82) is 0 Å². The number of hydrogen-bond donors (Lipinski definition) is 0. The van der Waals surface area contributed by atoms with Gasteiger partial charge in [-0.1, -0.05) is 12.1 Å². The Labute approximate surface area is 114 Å². The zero-order valence-electron chi connectivity index (χ0n) is 11.2. The summed E-state index contributed by atoms with van der Waals surface area (Å²) in [7, 11) is 1.74. The van der Waals surface area contributed by atoms with Crippen molar-refractivity contribution < 1.29 is 13.9 Å². The van der Waals surface area contributed by atoms with Crippen molar-refractivity contribution in [2.75, 3.05) is 6.61 Å². The third kappa shape index (κ3) is 1.71. The van der Waals surface area contributed by atoms with E-state index >= 15 is 0 Å². The molecule has 1 aromatic carbocycles. The summed E-state index contributed by atoms with van der Waals surface area (Å²) >= 11 is 0. The number of rotatable bonds is 2. The Morgan fingerprint density at radius 1 is 1.30 bits per heavy atom. The van der Waals surface area contributed by atoms with Crippen LogP contribution in [-0.4, -0.2) is 17.1 Å². The average molecular weight is 271 g/mol. The third-order valence-electron chi connectivity index (χ3n) is 3.28. The van der Waals surface area contributed by atoms with Gasteiger partial charge in [0.05, 0.1) is 17.5 Å². The number of ether oxygens (including phenoxy) is 1. The number of aryl methyl sites for hydroxylation is 1. The Morgan fingerprint density at radius 3 is 2.80 bits per heavy atom. The number of carbonyl (C=O) groups is 1. The summed E-state index contributed by atoms with van der Waals surface area (Å²) in [6, 6.07) is 8.76. The molecule has 0 aliphatic carbocycles. The van der Waals surface area contributed by atoms with Crippen LogP contribution in [0.2, 0.25) is 0 Å². The fourth-order valence-corrected chi connectivity index (χ4v) is 2.39. The summed E-state index contributed by atoms with van der Waals surface area (Å²) in [5.74, 6) is -0.449. The van der Waals surface area contributed by atoms with Gasteiger partial charge in [-0.3, -0.25) is 0 Å². The Balaban J connectivity index is 2.42. The van der Waals surface area contributed by atoms with E-state index in [0.29, 0.717) is 22.2 Å². The second-order valence-corrected chi connectivity index (χ2v) is 4.46. The molecule has 0 aliphatic rings. The first kappa shape index (κ1) is 12.5. The minimum absolute atomic E-state index is 0.287. The van der Waals surface area contributed by atoms with Crippen LogP contribution < -0.4 is 5.63 Å². The lowest BCUT2D eigenvalue weighted by Gasteiger charge is -2.05. The lowest BCUT2D eigenvalue weighted by molar-refractivity contribution is 0.0516. The molecule has 3 rings (SSSR count). The number of esters is 1. The van der Waals surface area contributed by atoms with Crippen LogP contribution in [0.4, 0.5) is 0 Å². The molecule has 0 N–H and O–H groups in total. The highest BCUT2D eigenvalue weighted by molar-refractivity contribution is 6.06. The average Bonchev–Trinajstić information content (AvgIpc) is 2.78. The van der Waals surface area contributed by atoms with Crippen molar-refractivity contribution in [2.24, 2.45) is 7.05 Å². The highest BCUT2D eigenvalue weighted by atomic mass is 16.5. The van der Waals surface area contributed by atoms with Crippen LogP contribution >= 0.6 is 0 Å². The molecule has 2 aromatic heterocycles. The van der Waals surface area contributed by atoms with Crippen molar-refractivity contribution in [2.45, 2.75) is 6.92 Å². The first-order valence-electron chi connectivity index (χ1n) is 6.32. The Bertz CT molecular complexity index is 873. The van der Waals surface area contributed by atoms with Crippen LogP contribution in [-0.2, 0) is 11.8 Å². The first-order valence-corrected chi connectivity index (χ1v) is 6.32. The molecule has 20 heavy (non-hydrogen) atoms. The number of hydrogen-bond acceptors (Lipinski definition) is 4. The Hall–Kier alpha value is -2.56. The van der Waals surface area contributed by atoms with E-state index in [1.54, 1.807) is 30.7 Å². The van der Waals surface area contributed by atoms with Gasteiger partial charge in [0.1, 0.15) is 11.3 Å². The maximum Gasteiger partial charge on any atom is 0.354 e. The Morgan fingerprint density at radius 2 is 2.05 bits per heavy atom. The predicted molar refractivity (Wildman–Crippen MR) is 74.9 cm³/mol. The van der Waals surface area contributed by atoms with E-state index in [2.05, 4.69) is 0 Å². The zero-order valence-corrected chi connectivity index (χ0v) is 11.2. The van der Waals surface area contributed by atoms with Gasteiger partial charge < -0.3 is 13.7 Å². The van der Waals surface area contributed by atoms with Crippen molar-refractivity contribution >= 4 is 27.8 Å². The lowest BCUT2D eigenvalue weighted by Crippen LogP contribution is -2.09. The number of nitrogens with zero attached hydrogens (tertiary/aromatic N) is 1. The second kappa shape index (κ2) is 4.52. The summed E-state index contributed by atoms with van der Waals surface area (Å²) < 4.78 is 11.9. The maximum absolute atomic E-state index is 12.0. The number of carbonyl (C=O) groups excluding carboxylic acids is 1. The molecule has 0 saturated heterocycles. The van der Waals surface area contributed by atoms with Crippen molar-refractivity contribution in [3.63, 3.8) is 0 Å². The van der Waals surface area contributed by atoms with Crippen molar-refractivity contribution in [3.8, 4) is 0 Å². The van der Waals surface area contributed by atoms with E-state index in [-0.39, 0.29) is 6.61 Å². The summed E-state index contributed by atoms with van der Waals surface area (Å²) in [6.07, 6.45) is 0. The van der Waals surface area contributed by atoms with Crippen LogP contribution in [0.1, 0.15) is 17.4 Å². The first-order chi connectivity index (χ1) is 9.63. The second-order valence-electron chi connectivity index (χ2n) is 4.46. The summed E-state index contributed by atoms with van der Waals surface area (Å²) in [5, 5.41) is 1.18. The molecule has 102 valence electrons. The SMILES string of the molecule is CCOC(=O)c1cc2c(=O)oc3ccccc3c2n1C. The smallest absolute Gasteiger partial charge is 0.354 e. The normalized spacial score (nSPS) is 11.1. The summed E-state index contributed by atoms with van der Waals surface area (Å²) in [5.41, 5.74) is 1.07. The molecule has 5 heteroatoms. The van der Waals surface area contributed by atoms with E-state index in [4.69, 9.17) is 9.15 Å². The van der Waals surface area contributed by atoms with Gasteiger partial charge in [-0.2, -0.15) is 0 Å². The quantitative estimate of drug-likeness (QED) is 0.530. The largest absolute Gasteiger partial charge is 0.461 e. The topological polar surface area (TPSA) is 61.4 Å². The Kier molecular flexibility index (Phi) is 2.82. The number of benzene rings is 1. The minimum Gasteiger partial charge on any atom is -0.461 e. The highest BCUT2D eigenvalue weighted by Crippen LogP contribution is 2.25. The van der Waals surface area contributed by atoms with Crippen molar-refractivity contribution in [1.82, 2.24) is 4.57 Å². The fourth-order valence-electron chi connectivity index (χ4n) is 2.39. The zero-order chi connectivity index (χ0) is 14.3. The van der Waals surface area contributed by atoms with Crippen LogP contribution in [0.5, 0.6) is 0 Å². The number of aromatic nitrogens is 1. The summed E-state index contributed by atoms with van der Waals surface area (Å²) in [4.78, 5) is 23.9. The standard InChI is InChI=1S/C15H13NO4/c1-3-19-15(18)11-8-10-13(16(11)2)9-6-4-5-7-12(9)20-14(10)17/h4-8H,3H2,1-2H3. The van der Waals surface area contributed by atoms with E-state index in [0.717, 1.165) is 5.39 Å². The van der Waals surface area contributed by atoms with Gasteiger partial charge in [-0.15, -0.1) is 0 Å². The fraction of sp³-hybridized carbons (Fsp3) is 0.200. The van der Waals surface area contributed by atoms with Gasteiger partial charge in [0.15, 0.2) is 0 Å². The molecule has 0 unspecified atom stereocenters. The van der Waals surface area contributed by atoms with Gasteiger partial charge in [0, 0.05) is 12.4 Å². The molecule has 2 heterocycles. The number of fused-ring (bicyclic) bond motifs is 3. The monoisotopic (exact) mass is 271 g/mol.